The maximum Gasteiger partial charge on any atom is 0.188 e. The van der Waals surface area contributed by atoms with Gasteiger partial charge in [0.2, 0.25) is 0 Å². The van der Waals surface area contributed by atoms with E-state index < -0.39 is 0 Å². The molecule has 0 bridgehead atoms. The average molecular weight is 197 g/mol. The minimum absolute atomic E-state index is 0.00445. The number of nitrogens with two attached hydrogens (primary N) is 1. The number of H-pyrrole nitrogens is 1. The molecule has 1 aromatic rings. The van der Waals surface area contributed by atoms with Gasteiger partial charge in [-0.15, -0.1) is 0 Å². The van der Waals surface area contributed by atoms with E-state index in [4.69, 9.17) is 5.73 Å². The van der Waals surface area contributed by atoms with Gasteiger partial charge in [0.25, 0.3) is 0 Å². The average Bonchev–Trinajstić information content (AvgIpc) is 2.75. The molecule has 14 heavy (non-hydrogen) atoms. The van der Waals surface area contributed by atoms with Gasteiger partial charge in [-0.1, -0.05) is 13.8 Å². The van der Waals surface area contributed by atoms with Crippen LogP contribution in [0.15, 0.2) is 0 Å². The standard InChI is InChI=1S/C10H16FN3/c1-5(2)3-6-4-7(6)9-8(11)10(12)14-13-9/h5-7H,3-4H2,1-2H3,(H3,12,13,14)/t6-,7-/m1/s1. The highest BCUT2D eigenvalue weighted by atomic mass is 19.1. The Morgan fingerprint density at radius 1 is 1.64 bits per heavy atom. The lowest BCUT2D eigenvalue weighted by Gasteiger charge is -2.01. The first kappa shape index (κ1) is 9.49. The fraction of sp³-hybridized carbons (Fsp3) is 0.700. The van der Waals surface area contributed by atoms with Gasteiger partial charge in [-0.2, -0.15) is 5.10 Å². The number of nitrogen functional groups attached to an aromatic ring is 1. The molecule has 0 radical (unpaired) electrons. The van der Waals surface area contributed by atoms with Crippen molar-refractivity contribution >= 4 is 5.82 Å². The second-order valence-electron chi connectivity index (χ2n) is 4.57. The third-order valence-corrected chi connectivity index (χ3v) is 2.83. The molecule has 4 heteroatoms. The summed E-state index contributed by atoms with van der Waals surface area (Å²) < 4.78 is 13.3. The Morgan fingerprint density at radius 2 is 2.36 bits per heavy atom. The van der Waals surface area contributed by atoms with Crippen molar-refractivity contribution in [3.05, 3.63) is 11.5 Å². The van der Waals surface area contributed by atoms with Crippen molar-refractivity contribution < 1.29 is 4.39 Å². The van der Waals surface area contributed by atoms with Crippen molar-refractivity contribution in [1.29, 1.82) is 0 Å². The number of halogens is 1. The molecule has 1 aromatic heterocycles. The van der Waals surface area contributed by atoms with E-state index in [1.165, 1.54) is 0 Å². The summed E-state index contributed by atoms with van der Waals surface area (Å²) in [6.45, 7) is 4.38. The number of nitrogens with one attached hydrogen (secondary N) is 1. The van der Waals surface area contributed by atoms with Crippen molar-refractivity contribution in [3.8, 4) is 0 Å². The first-order valence-electron chi connectivity index (χ1n) is 5.08. The summed E-state index contributed by atoms with van der Waals surface area (Å²) in [7, 11) is 0. The van der Waals surface area contributed by atoms with E-state index in [1.807, 2.05) is 0 Å². The van der Waals surface area contributed by atoms with Crippen LogP contribution in [0, 0.1) is 17.7 Å². The molecule has 0 saturated heterocycles. The minimum atomic E-state index is -0.346. The smallest absolute Gasteiger partial charge is 0.188 e. The zero-order valence-corrected chi connectivity index (χ0v) is 8.55. The first-order valence-corrected chi connectivity index (χ1v) is 5.08. The highest BCUT2D eigenvalue weighted by Gasteiger charge is 2.41. The van der Waals surface area contributed by atoms with Crippen molar-refractivity contribution in [1.82, 2.24) is 10.2 Å². The normalized spacial score (nSPS) is 25.7. The molecule has 1 aliphatic carbocycles. The van der Waals surface area contributed by atoms with Crippen LogP contribution in [0.4, 0.5) is 10.2 Å². The van der Waals surface area contributed by atoms with Crippen molar-refractivity contribution in [2.45, 2.75) is 32.6 Å². The lowest BCUT2D eigenvalue weighted by Crippen LogP contribution is -1.93. The van der Waals surface area contributed by atoms with Crippen LogP contribution in [0.5, 0.6) is 0 Å². The number of rotatable bonds is 3. The van der Waals surface area contributed by atoms with E-state index in [-0.39, 0.29) is 11.6 Å². The van der Waals surface area contributed by atoms with Crippen LogP contribution in [0.2, 0.25) is 0 Å². The van der Waals surface area contributed by atoms with Crippen LogP contribution in [-0.2, 0) is 0 Å². The van der Waals surface area contributed by atoms with Gasteiger partial charge in [-0.05, 0) is 24.7 Å². The molecule has 0 aliphatic heterocycles. The first-order chi connectivity index (χ1) is 6.59. The molecule has 2 atom stereocenters. The molecular formula is C10H16FN3. The highest BCUT2D eigenvalue weighted by molar-refractivity contribution is 5.35. The van der Waals surface area contributed by atoms with Crippen LogP contribution in [0.3, 0.4) is 0 Å². The van der Waals surface area contributed by atoms with Crippen molar-refractivity contribution in [2.75, 3.05) is 5.73 Å². The Labute approximate surface area is 82.9 Å². The lowest BCUT2D eigenvalue weighted by molar-refractivity contribution is 0.525. The zero-order chi connectivity index (χ0) is 10.3. The predicted molar refractivity (Wildman–Crippen MR) is 53.3 cm³/mol. The molecule has 3 N–H and O–H groups in total. The van der Waals surface area contributed by atoms with E-state index in [0.717, 1.165) is 12.8 Å². The Morgan fingerprint density at radius 3 is 2.86 bits per heavy atom. The van der Waals surface area contributed by atoms with Crippen LogP contribution >= 0.6 is 0 Å². The molecule has 0 unspecified atom stereocenters. The van der Waals surface area contributed by atoms with Gasteiger partial charge in [0.05, 0.1) is 5.69 Å². The van der Waals surface area contributed by atoms with Gasteiger partial charge >= 0.3 is 0 Å². The summed E-state index contributed by atoms with van der Waals surface area (Å²) in [5.41, 5.74) is 5.94. The summed E-state index contributed by atoms with van der Waals surface area (Å²) in [6.07, 6.45) is 2.22. The van der Waals surface area contributed by atoms with E-state index >= 15 is 0 Å². The molecule has 1 saturated carbocycles. The molecule has 3 nitrogen and oxygen atoms in total. The van der Waals surface area contributed by atoms with Gasteiger partial charge in [-0.3, -0.25) is 5.10 Å². The molecule has 0 spiro atoms. The second kappa shape index (κ2) is 3.26. The zero-order valence-electron chi connectivity index (χ0n) is 8.55. The monoisotopic (exact) mass is 197 g/mol. The largest absolute Gasteiger partial charge is 0.380 e. The van der Waals surface area contributed by atoms with Crippen LogP contribution in [0.25, 0.3) is 0 Å². The minimum Gasteiger partial charge on any atom is -0.380 e. The fourth-order valence-corrected chi connectivity index (χ4v) is 2.07. The van der Waals surface area contributed by atoms with E-state index in [2.05, 4.69) is 24.0 Å². The van der Waals surface area contributed by atoms with Crippen molar-refractivity contribution in [2.24, 2.45) is 11.8 Å². The summed E-state index contributed by atoms with van der Waals surface area (Å²) in [6, 6.07) is 0. The Kier molecular flexibility index (Phi) is 2.21. The SMILES string of the molecule is CC(C)C[C@@H]1C[C@H]1c1[nH]nc(N)c1F. The topological polar surface area (TPSA) is 54.7 Å². The number of hydrogen-bond acceptors (Lipinski definition) is 2. The highest BCUT2D eigenvalue weighted by Crippen LogP contribution is 2.51. The Bertz CT molecular complexity index is 332. The van der Waals surface area contributed by atoms with Gasteiger partial charge < -0.3 is 5.73 Å². The maximum atomic E-state index is 13.3. The third-order valence-electron chi connectivity index (χ3n) is 2.83. The maximum absolute atomic E-state index is 13.3. The Hall–Kier alpha value is -1.06. The number of nitrogens with zero attached hydrogens (tertiary/aromatic N) is 1. The molecule has 0 amide bonds. The second-order valence-corrected chi connectivity index (χ2v) is 4.57. The van der Waals surface area contributed by atoms with Gasteiger partial charge in [0.1, 0.15) is 0 Å². The van der Waals surface area contributed by atoms with Crippen LogP contribution in [-0.4, -0.2) is 10.2 Å². The Balaban J connectivity index is 2.02. The van der Waals surface area contributed by atoms with Gasteiger partial charge in [0.15, 0.2) is 11.6 Å². The molecular weight excluding hydrogens is 181 g/mol. The van der Waals surface area contributed by atoms with Gasteiger partial charge in [-0.25, -0.2) is 4.39 Å². The number of aromatic nitrogens is 2. The molecule has 2 rings (SSSR count). The van der Waals surface area contributed by atoms with Crippen LogP contribution < -0.4 is 5.73 Å². The molecule has 0 aromatic carbocycles. The quantitative estimate of drug-likeness (QED) is 0.781. The molecule has 1 fully saturated rings. The lowest BCUT2D eigenvalue weighted by atomic mass is 10.1. The predicted octanol–water partition coefficient (Wildman–Crippen LogP) is 2.28. The molecule has 1 aliphatic rings. The fourth-order valence-electron chi connectivity index (χ4n) is 2.07. The molecule has 1 heterocycles. The number of aromatic amines is 1. The van der Waals surface area contributed by atoms with Gasteiger partial charge in [0, 0.05) is 5.92 Å². The van der Waals surface area contributed by atoms with E-state index in [9.17, 15) is 4.39 Å². The third kappa shape index (κ3) is 1.61. The summed E-state index contributed by atoms with van der Waals surface area (Å²) in [4.78, 5) is 0. The van der Waals surface area contributed by atoms with Crippen LogP contribution in [0.1, 0.15) is 38.3 Å². The van der Waals surface area contributed by atoms with Crippen molar-refractivity contribution in [3.63, 3.8) is 0 Å². The number of anilines is 1. The summed E-state index contributed by atoms with van der Waals surface area (Å²) >= 11 is 0. The van der Waals surface area contributed by atoms with E-state index in [0.29, 0.717) is 23.4 Å². The molecule has 78 valence electrons. The number of hydrogen-bond donors (Lipinski definition) is 2. The van der Waals surface area contributed by atoms with E-state index in [1.54, 1.807) is 0 Å². The summed E-state index contributed by atoms with van der Waals surface area (Å²) in [5.74, 6) is 1.26. The summed E-state index contributed by atoms with van der Waals surface area (Å²) in [5, 5.41) is 6.36.